The van der Waals surface area contributed by atoms with Crippen molar-refractivity contribution in [3.63, 3.8) is 0 Å². The van der Waals surface area contributed by atoms with E-state index in [4.69, 9.17) is 4.74 Å². The van der Waals surface area contributed by atoms with Crippen molar-refractivity contribution >= 4 is 5.97 Å². The smallest absolute Gasteiger partial charge is 0.343 e. The summed E-state index contributed by atoms with van der Waals surface area (Å²) in [7, 11) is 0. The molecule has 2 saturated carbocycles. The molecular formula is C33H40F2O2. The molecule has 2 aromatic rings. The number of carbonyl (C=O) groups excluding carboxylic acids is 1. The van der Waals surface area contributed by atoms with Crippen molar-refractivity contribution in [3.8, 4) is 5.75 Å². The van der Waals surface area contributed by atoms with E-state index in [1.54, 1.807) is 18.2 Å². The van der Waals surface area contributed by atoms with Crippen molar-refractivity contribution in [2.45, 2.75) is 84.0 Å². The highest BCUT2D eigenvalue weighted by Crippen LogP contribution is 2.48. The number of aryl methyl sites for hydroxylation is 1. The highest BCUT2D eigenvalue weighted by Gasteiger charge is 2.36. The van der Waals surface area contributed by atoms with Gasteiger partial charge in [-0.1, -0.05) is 42.9 Å². The fourth-order valence-corrected chi connectivity index (χ4v) is 6.37. The standard InChI is InChI=1S/C33H40F2O2/c1-3-5-7-9-23-11-13-26-21-27(15-14-25(26)19-23)29-17-16-28(22-30(29)34)33(36)37-32-18-12-24(20-31(32)35)10-8-6-4-2/h3-6,12,16-18,20,22-23,25-27H,7-11,13-15,19,21H2,1-2H3/b5-3+,6-4+. The van der Waals surface area contributed by atoms with Gasteiger partial charge in [-0.2, -0.15) is 0 Å². The van der Waals surface area contributed by atoms with Crippen LogP contribution in [0.4, 0.5) is 8.78 Å². The predicted molar refractivity (Wildman–Crippen MR) is 146 cm³/mol. The van der Waals surface area contributed by atoms with Crippen LogP contribution in [0.15, 0.2) is 60.7 Å². The quantitative estimate of drug-likeness (QED) is 0.192. The Morgan fingerprint density at radius 3 is 2.41 bits per heavy atom. The molecule has 0 aromatic heterocycles. The maximum atomic E-state index is 15.2. The Bertz CT molecular complexity index is 1120. The zero-order valence-corrected chi connectivity index (χ0v) is 22.2. The second kappa shape index (κ2) is 13.2. The molecule has 4 rings (SSSR count). The molecular weight excluding hydrogens is 466 g/mol. The van der Waals surface area contributed by atoms with E-state index in [0.717, 1.165) is 43.1 Å². The lowest BCUT2D eigenvalue weighted by atomic mass is 9.63. The van der Waals surface area contributed by atoms with Crippen LogP contribution < -0.4 is 4.74 Å². The maximum Gasteiger partial charge on any atom is 0.343 e. The van der Waals surface area contributed by atoms with Crippen LogP contribution in [-0.4, -0.2) is 5.97 Å². The molecule has 4 heteroatoms. The summed E-state index contributed by atoms with van der Waals surface area (Å²) in [5.41, 5.74) is 1.64. The molecule has 2 aliphatic carbocycles. The average molecular weight is 507 g/mol. The second-order valence-corrected chi connectivity index (χ2v) is 10.9. The molecule has 4 atom stereocenters. The molecule has 0 N–H and O–H groups in total. The van der Waals surface area contributed by atoms with Crippen LogP contribution in [0.1, 0.15) is 99.0 Å². The third kappa shape index (κ3) is 7.18. The molecule has 2 fully saturated rings. The lowest BCUT2D eigenvalue weighted by molar-refractivity contribution is 0.0727. The summed E-state index contributed by atoms with van der Waals surface area (Å²) in [6.07, 6.45) is 19.4. The van der Waals surface area contributed by atoms with Gasteiger partial charge in [-0.3, -0.25) is 0 Å². The van der Waals surface area contributed by atoms with Crippen LogP contribution in [0, 0.1) is 29.4 Å². The van der Waals surface area contributed by atoms with Crippen LogP contribution in [0.2, 0.25) is 0 Å². The molecule has 0 bridgehead atoms. The SMILES string of the molecule is C/C=C/CCc1ccc(OC(=O)c2ccc(C3CCC4CC(CC/C=C/C)CCC4C3)c(F)c2)c(F)c1. The molecule has 2 nitrogen and oxygen atoms in total. The molecule has 2 aliphatic rings. The van der Waals surface area contributed by atoms with Crippen LogP contribution in [0.5, 0.6) is 5.75 Å². The molecule has 0 amide bonds. The van der Waals surface area contributed by atoms with Crippen molar-refractivity contribution in [2.24, 2.45) is 17.8 Å². The average Bonchev–Trinajstić information content (AvgIpc) is 2.90. The molecule has 37 heavy (non-hydrogen) atoms. The molecule has 4 unspecified atom stereocenters. The number of hydrogen-bond acceptors (Lipinski definition) is 2. The number of ether oxygens (including phenoxy) is 1. The van der Waals surface area contributed by atoms with Crippen LogP contribution in [0.3, 0.4) is 0 Å². The van der Waals surface area contributed by atoms with E-state index in [9.17, 15) is 9.18 Å². The Labute approximate surface area is 220 Å². The summed E-state index contributed by atoms with van der Waals surface area (Å²) in [5, 5.41) is 0. The Kier molecular flexibility index (Phi) is 9.71. The van der Waals surface area contributed by atoms with E-state index < -0.39 is 11.8 Å². The first-order chi connectivity index (χ1) is 18.0. The van der Waals surface area contributed by atoms with Crippen molar-refractivity contribution < 1.29 is 18.3 Å². The minimum atomic E-state index is -0.744. The molecule has 0 heterocycles. The van der Waals surface area contributed by atoms with Crippen LogP contribution >= 0.6 is 0 Å². The van der Waals surface area contributed by atoms with E-state index in [1.165, 1.54) is 50.3 Å². The number of esters is 1. The fraction of sp³-hybridized carbons (Fsp3) is 0.485. The summed E-state index contributed by atoms with van der Waals surface area (Å²) in [5.74, 6) is 0.630. The number of benzene rings is 2. The number of rotatable bonds is 9. The first-order valence-electron chi connectivity index (χ1n) is 14.0. The van der Waals surface area contributed by atoms with Crippen molar-refractivity contribution in [1.29, 1.82) is 0 Å². The van der Waals surface area contributed by atoms with Crippen molar-refractivity contribution in [2.75, 3.05) is 0 Å². The van der Waals surface area contributed by atoms with Crippen molar-refractivity contribution in [3.05, 3.63) is 89.0 Å². The summed E-state index contributed by atoms with van der Waals surface area (Å²) < 4.78 is 34.9. The molecule has 0 aliphatic heterocycles. The molecule has 198 valence electrons. The minimum Gasteiger partial charge on any atom is -0.420 e. The van der Waals surface area contributed by atoms with Gasteiger partial charge in [0, 0.05) is 0 Å². The number of carbonyl (C=O) groups is 1. The Balaban J connectivity index is 1.34. The first-order valence-corrected chi connectivity index (χ1v) is 14.0. The monoisotopic (exact) mass is 506 g/mol. The first kappa shape index (κ1) is 27.3. The highest BCUT2D eigenvalue weighted by atomic mass is 19.1. The fourth-order valence-electron chi connectivity index (χ4n) is 6.37. The van der Waals surface area contributed by atoms with E-state index in [0.29, 0.717) is 17.9 Å². The van der Waals surface area contributed by atoms with Gasteiger partial charge in [-0.25, -0.2) is 13.6 Å². The minimum absolute atomic E-state index is 0.105. The Morgan fingerprint density at radius 1 is 0.892 bits per heavy atom. The highest BCUT2D eigenvalue weighted by molar-refractivity contribution is 5.91. The third-order valence-corrected chi connectivity index (χ3v) is 8.41. The summed E-state index contributed by atoms with van der Waals surface area (Å²) in [4.78, 5) is 12.6. The maximum absolute atomic E-state index is 15.2. The van der Waals surface area contributed by atoms with E-state index in [-0.39, 0.29) is 23.0 Å². The molecule has 2 aromatic carbocycles. The topological polar surface area (TPSA) is 26.3 Å². The van der Waals surface area contributed by atoms with Gasteiger partial charge >= 0.3 is 5.97 Å². The normalized spacial score (nSPS) is 23.9. The molecule has 0 spiro atoms. The number of allylic oxidation sites excluding steroid dienone is 4. The zero-order chi connectivity index (χ0) is 26.2. The van der Waals surface area contributed by atoms with Crippen LogP contribution in [-0.2, 0) is 6.42 Å². The molecule has 0 radical (unpaired) electrons. The van der Waals surface area contributed by atoms with Gasteiger partial charge in [0.25, 0.3) is 0 Å². The zero-order valence-electron chi connectivity index (χ0n) is 22.2. The largest absolute Gasteiger partial charge is 0.420 e. The van der Waals surface area contributed by atoms with Crippen LogP contribution in [0.25, 0.3) is 0 Å². The Hall–Kier alpha value is -2.75. The third-order valence-electron chi connectivity index (χ3n) is 8.41. The van der Waals surface area contributed by atoms with Gasteiger partial charge in [-0.15, -0.1) is 0 Å². The van der Waals surface area contributed by atoms with Gasteiger partial charge in [0.05, 0.1) is 5.56 Å². The van der Waals surface area contributed by atoms with Gasteiger partial charge in [0.1, 0.15) is 5.82 Å². The van der Waals surface area contributed by atoms with Gasteiger partial charge in [0.2, 0.25) is 0 Å². The van der Waals surface area contributed by atoms with Gasteiger partial charge in [-0.05, 0) is 131 Å². The second-order valence-electron chi connectivity index (χ2n) is 10.9. The lowest BCUT2D eigenvalue weighted by Crippen LogP contribution is -2.30. The predicted octanol–water partition coefficient (Wildman–Crippen LogP) is 9.35. The summed E-state index contributed by atoms with van der Waals surface area (Å²) in [6, 6.07) is 9.23. The number of fused-ring (bicyclic) bond motifs is 1. The Morgan fingerprint density at radius 2 is 1.65 bits per heavy atom. The number of halogens is 2. The van der Waals surface area contributed by atoms with E-state index in [2.05, 4.69) is 19.1 Å². The van der Waals surface area contributed by atoms with Gasteiger partial charge in [0.15, 0.2) is 11.6 Å². The number of hydrogen-bond donors (Lipinski definition) is 0. The molecule has 0 saturated heterocycles. The van der Waals surface area contributed by atoms with Crippen molar-refractivity contribution in [1.82, 2.24) is 0 Å². The summed E-state index contributed by atoms with van der Waals surface area (Å²) in [6.45, 7) is 4.03. The summed E-state index contributed by atoms with van der Waals surface area (Å²) >= 11 is 0. The van der Waals surface area contributed by atoms with E-state index >= 15 is 4.39 Å². The van der Waals surface area contributed by atoms with E-state index in [1.807, 2.05) is 19.1 Å². The van der Waals surface area contributed by atoms with Gasteiger partial charge < -0.3 is 4.74 Å². The lowest BCUT2D eigenvalue weighted by Gasteiger charge is -2.42.